The van der Waals surface area contributed by atoms with Crippen LogP contribution in [0.1, 0.15) is 25.3 Å². The average molecular weight is 433 g/mol. The summed E-state index contributed by atoms with van der Waals surface area (Å²) in [4.78, 5) is 42.7. The first-order valence-corrected chi connectivity index (χ1v) is 11.6. The summed E-state index contributed by atoms with van der Waals surface area (Å²) in [5, 5.41) is -0.235. The monoisotopic (exact) mass is 432 g/mol. The number of carbonyl (C=O) groups is 3. The quantitative estimate of drug-likeness (QED) is 0.413. The van der Waals surface area contributed by atoms with E-state index in [2.05, 4.69) is 6.07 Å². The maximum atomic E-state index is 13.0. The van der Waals surface area contributed by atoms with Crippen LogP contribution in [-0.4, -0.2) is 29.5 Å². The number of anilines is 2. The minimum Gasteiger partial charge on any atom is -0.311 e. The van der Waals surface area contributed by atoms with E-state index in [1.807, 2.05) is 66.4 Å². The highest BCUT2D eigenvalue weighted by Gasteiger charge is 2.47. The number of imide groups is 1. The molecule has 0 bridgehead atoms. The van der Waals surface area contributed by atoms with Crippen molar-refractivity contribution in [2.45, 2.75) is 36.3 Å². The molecular weight excluding hydrogens is 408 g/mol. The van der Waals surface area contributed by atoms with Gasteiger partial charge in [0.2, 0.25) is 17.7 Å². The first-order chi connectivity index (χ1) is 15.0. The van der Waals surface area contributed by atoms with Crippen molar-refractivity contribution in [2.24, 2.45) is 11.8 Å². The van der Waals surface area contributed by atoms with Crippen LogP contribution in [0.15, 0.2) is 65.6 Å². The van der Waals surface area contributed by atoms with Crippen molar-refractivity contribution < 1.29 is 14.4 Å². The zero-order valence-electron chi connectivity index (χ0n) is 17.4. The minimum atomic E-state index is -0.235. The maximum Gasteiger partial charge on any atom is 0.240 e. The smallest absolute Gasteiger partial charge is 0.240 e. The van der Waals surface area contributed by atoms with Crippen LogP contribution in [0, 0.1) is 11.8 Å². The zero-order chi connectivity index (χ0) is 21.5. The van der Waals surface area contributed by atoms with E-state index in [9.17, 15) is 14.4 Å². The Morgan fingerprint density at radius 3 is 2.29 bits per heavy atom. The van der Waals surface area contributed by atoms with Crippen LogP contribution in [0.3, 0.4) is 0 Å². The molecule has 158 valence electrons. The van der Waals surface area contributed by atoms with Gasteiger partial charge in [-0.05, 0) is 62.1 Å². The molecule has 0 radical (unpaired) electrons. The molecule has 5 nitrogen and oxygen atoms in total. The van der Waals surface area contributed by atoms with Crippen LogP contribution in [0.25, 0.3) is 0 Å². The summed E-state index contributed by atoms with van der Waals surface area (Å²) in [5.74, 6) is -0.562. The molecule has 31 heavy (non-hydrogen) atoms. The Kier molecular flexibility index (Phi) is 5.18. The van der Waals surface area contributed by atoms with Crippen molar-refractivity contribution in [1.29, 1.82) is 0 Å². The van der Waals surface area contributed by atoms with E-state index in [1.54, 1.807) is 0 Å². The summed E-state index contributed by atoms with van der Waals surface area (Å²) in [7, 11) is 0. The Labute approximate surface area is 186 Å². The molecule has 2 heterocycles. The van der Waals surface area contributed by atoms with Crippen molar-refractivity contribution >= 4 is 40.9 Å². The van der Waals surface area contributed by atoms with Gasteiger partial charge in [0, 0.05) is 17.1 Å². The van der Waals surface area contributed by atoms with Gasteiger partial charge in [-0.2, -0.15) is 0 Å². The molecule has 1 fully saturated rings. The average Bonchev–Trinajstić information content (AvgIpc) is 3.33. The number of hydrogen-bond acceptors (Lipinski definition) is 4. The standard InChI is InChI=1S/C25H24N2O3S/c1-16(23(28)26-15-14-17-6-2-5-9-22(17)26)31-19-12-10-18(11-13-19)27-24(29)20-7-3-4-8-21(20)25(27)30/h2-6,9-13,16,20-21H,7-8,14-15H2,1H3/t16-,20-,21+/m0/s1. The second-order valence-corrected chi connectivity index (χ2v) is 9.70. The van der Waals surface area contributed by atoms with E-state index in [-0.39, 0.29) is 34.8 Å². The number of fused-ring (bicyclic) bond motifs is 2. The van der Waals surface area contributed by atoms with Crippen LogP contribution < -0.4 is 9.80 Å². The highest BCUT2D eigenvalue weighted by Crippen LogP contribution is 2.38. The lowest BCUT2D eigenvalue weighted by atomic mass is 9.85. The second-order valence-electron chi connectivity index (χ2n) is 8.29. The normalized spacial score (nSPS) is 23.1. The lowest BCUT2D eigenvalue weighted by Gasteiger charge is -2.21. The molecule has 2 aromatic rings. The fourth-order valence-corrected chi connectivity index (χ4v) is 5.70. The topological polar surface area (TPSA) is 57.7 Å². The third-order valence-electron chi connectivity index (χ3n) is 6.42. The van der Waals surface area contributed by atoms with Gasteiger partial charge in [0.05, 0.1) is 22.8 Å². The van der Waals surface area contributed by atoms with Gasteiger partial charge in [0.25, 0.3) is 0 Å². The van der Waals surface area contributed by atoms with E-state index in [0.29, 0.717) is 18.5 Å². The molecular formula is C25H24N2O3S. The van der Waals surface area contributed by atoms with E-state index in [0.717, 1.165) is 23.5 Å². The molecule has 6 heteroatoms. The molecule has 3 amide bonds. The van der Waals surface area contributed by atoms with Crippen LogP contribution >= 0.6 is 11.8 Å². The molecule has 0 aromatic heterocycles. The molecule has 0 N–H and O–H groups in total. The number of para-hydroxylation sites is 1. The Hall–Kier alpha value is -2.86. The van der Waals surface area contributed by atoms with Crippen LogP contribution in [0.4, 0.5) is 11.4 Å². The number of carbonyl (C=O) groups excluding carboxylic acids is 3. The number of benzene rings is 2. The number of rotatable bonds is 4. The number of allylic oxidation sites excluding steroid dienone is 2. The van der Waals surface area contributed by atoms with Gasteiger partial charge >= 0.3 is 0 Å². The summed E-state index contributed by atoms with van der Waals surface area (Å²) in [5.41, 5.74) is 2.84. The van der Waals surface area contributed by atoms with Gasteiger partial charge in [-0.25, -0.2) is 0 Å². The Bertz CT molecular complexity index is 1050. The summed E-state index contributed by atoms with van der Waals surface area (Å²) in [6, 6.07) is 15.5. The second kappa shape index (κ2) is 8.00. The van der Waals surface area contributed by atoms with Crippen molar-refractivity contribution in [3.63, 3.8) is 0 Å². The van der Waals surface area contributed by atoms with Crippen molar-refractivity contribution in [2.75, 3.05) is 16.3 Å². The fraction of sp³-hybridized carbons (Fsp3) is 0.320. The van der Waals surface area contributed by atoms with Crippen LogP contribution in [0.5, 0.6) is 0 Å². The first kappa shape index (κ1) is 20.1. The molecule has 3 aliphatic rings. The number of thioether (sulfide) groups is 1. The largest absolute Gasteiger partial charge is 0.311 e. The minimum absolute atomic E-state index is 0.0977. The molecule has 1 saturated heterocycles. The molecule has 0 saturated carbocycles. The van der Waals surface area contributed by atoms with Gasteiger partial charge in [0.15, 0.2) is 0 Å². The zero-order valence-corrected chi connectivity index (χ0v) is 18.2. The third-order valence-corrected chi connectivity index (χ3v) is 7.52. The summed E-state index contributed by atoms with van der Waals surface area (Å²) >= 11 is 1.50. The number of nitrogens with zero attached hydrogens (tertiary/aromatic N) is 2. The Morgan fingerprint density at radius 1 is 0.968 bits per heavy atom. The van der Waals surface area contributed by atoms with Gasteiger partial charge < -0.3 is 4.90 Å². The van der Waals surface area contributed by atoms with Crippen LogP contribution in [0.2, 0.25) is 0 Å². The Balaban J connectivity index is 1.27. The molecule has 5 rings (SSSR count). The lowest BCUT2D eigenvalue weighted by Crippen LogP contribution is -2.35. The molecule has 0 spiro atoms. The highest BCUT2D eigenvalue weighted by molar-refractivity contribution is 8.00. The molecule has 3 atom stereocenters. The summed E-state index contributed by atoms with van der Waals surface area (Å²) < 4.78 is 0. The van der Waals surface area contributed by atoms with Gasteiger partial charge in [-0.15, -0.1) is 11.8 Å². The highest BCUT2D eigenvalue weighted by atomic mass is 32.2. The SMILES string of the molecule is C[C@H](Sc1ccc(N2C(=O)[C@H]3CC=CC[C@H]3C2=O)cc1)C(=O)N1CCc2ccccc21. The molecule has 2 aromatic carbocycles. The van der Waals surface area contributed by atoms with Crippen molar-refractivity contribution in [1.82, 2.24) is 0 Å². The lowest BCUT2D eigenvalue weighted by molar-refractivity contribution is -0.122. The summed E-state index contributed by atoms with van der Waals surface area (Å²) in [6.45, 7) is 2.64. The Morgan fingerprint density at radius 2 is 1.61 bits per heavy atom. The van der Waals surface area contributed by atoms with Gasteiger partial charge in [-0.1, -0.05) is 30.4 Å². The van der Waals surface area contributed by atoms with Gasteiger partial charge in [0.1, 0.15) is 0 Å². The van der Waals surface area contributed by atoms with Gasteiger partial charge in [-0.3, -0.25) is 19.3 Å². The van der Waals surface area contributed by atoms with Crippen LogP contribution in [-0.2, 0) is 20.8 Å². The number of hydrogen-bond donors (Lipinski definition) is 0. The third kappa shape index (κ3) is 3.49. The number of amides is 3. The van der Waals surface area contributed by atoms with Crippen molar-refractivity contribution in [3.05, 3.63) is 66.2 Å². The first-order valence-electron chi connectivity index (χ1n) is 10.7. The van der Waals surface area contributed by atoms with E-state index in [1.165, 1.54) is 22.2 Å². The van der Waals surface area contributed by atoms with E-state index < -0.39 is 0 Å². The molecule has 0 unspecified atom stereocenters. The summed E-state index contributed by atoms with van der Waals surface area (Å²) in [6.07, 6.45) is 6.15. The fourth-order valence-electron chi connectivity index (χ4n) is 4.77. The predicted molar refractivity (Wildman–Crippen MR) is 122 cm³/mol. The van der Waals surface area contributed by atoms with E-state index in [4.69, 9.17) is 0 Å². The molecule has 2 aliphatic heterocycles. The predicted octanol–water partition coefficient (Wildman–Crippen LogP) is 4.21. The van der Waals surface area contributed by atoms with E-state index >= 15 is 0 Å². The van der Waals surface area contributed by atoms with Crippen molar-refractivity contribution in [3.8, 4) is 0 Å². The maximum absolute atomic E-state index is 13.0. The molecule has 1 aliphatic carbocycles.